The summed E-state index contributed by atoms with van der Waals surface area (Å²) < 4.78 is 86.5. The summed E-state index contributed by atoms with van der Waals surface area (Å²) in [6, 6.07) is 5.09. The predicted octanol–water partition coefficient (Wildman–Crippen LogP) is -0.357. The summed E-state index contributed by atoms with van der Waals surface area (Å²) in [7, 11) is -11.9. The molecule has 17 heteroatoms. The van der Waals surface area contributed by atoms with Crippen LogP contribution in [0.3, 0.4) is 0 Å². The van der Waals surface area contributed by atoms with Gasteiger partial charge >= 0.3 is 0 Å². The van der Waals surface area contributed by atoms with Crippen LogP contribution in [0, 0.1) is 0 Å². The first-order valence-electron chi connectivity index (χ1n) is 8.94. The van der Waals surface area contributed by atoms with Gasteiger partial charge in [0.15, 0.2) is 0 Å². The minimum Gasteiger partial charge on any atom is -0.354 e. The molecule has 2 aromatic rings. The van der Waals surface area contributed by atoms with Crippen LogP contribution in [-0.2, 0) is 36.7 Å². The molecule has 32 heavy (non-hydrogen) atoms. The molecule has 0 amide bonds. The smallest absolute Gasteiger partial charge is 0.294 e. The van der Waals surface area contributed by atoms with Gasteiger partial charge in [-0.05, 0) is 30.7 Å². The Balaban J connectivity index is 2.18. The molecule has 1 heterocycles. The van der Waals surface area contributed by atoms with Gasteiger partial charge in [0, 0.05) is 25.2 Å². The summed E-state index contributed by atoms with van der Waals surface area (Å²) >= 11 is 0. The fraction of sp³-hybridized carbons (Fsp3) is 0.400. The van der Waals surface area contributed by atoms with Crippen molar-refractivity contribution in [3.63, 3.8) is 0 Å². The predicted molar refractivity (Wildman–Crippen MR) is 115 cm³/mol. The number of nitrogens with zero attached hydrogens (tertiary/aromatic N) is 3. The minimum atomic E-state index is -4.35. The van der Waals surface area contributed by atoms with Gasteiger partial charge in [0.2, 0.25) is 21.9 Å². The van der Waals surface area contributed by atoms with Crippen LogP contribution in [0.5, 0.6) is 0 Å². The Morgan fingerprint density at radius 2 is 1.50 bits per heavy atom. The summed E-state index contributed by atoms with van der Waals surface area (Å²) in [5.41, 5.74) is 0.390. The van der Waals surface area contributed by atoms with E-state index in [2.05, 4.69) is 30.3 Å². The van der Waals surface area contributed by atoms with E-state index in [4.69, 9.17) is 9.11 Å². The Labute approximate surface area is 185 Å². The molecule has 14 nitrogen and oxygen atoms in total. The van der Waals surface area contributed by atoms with E-state index in [1.165, 1.54) is 24.3 Å². The first-order chi connectivity index (χ1) is 14.7. The molecule has 0 aliphatic rings. The molecule has 0 spiro atoms. The van der Waals surface area contributed by atoms with Gasteiger partial charge in [-0.2, -0.15) is 31.8 Å². The van der Waals surface area contributed by atoms with Gasteiger partial charge in [0.1, 0.15) is 5.82 Å². The van der Waals surface area contributed by atoms with E-state index in [9.17, 15) is 25.3 Å². The number of anilines is 3. The molecule has 0 aliphatic carbocycles. The lowest BCUT2D eigenvalue weighted by Gasteiger charge is -2.11. The minimum absolute atomic E-state index is 0.0214. The summed E-state index contributed by atoms with van der Waals surface area (Å²) in [5, 5.41) is 5.62. The van der Waals surface area contributed by atoms with Crippen molar-refractivity contribution in [2.75, 3.05) is 35.7 Å². The Morgan fingerprint density at radius 3 is 2.06 bits per heavy atom. The molecule has 0 unspecified atom stereocenters. The molecule has 0 saturated heterocycles. The van der Waals surface area contributed by atoms with Crippen LogP contribution in [0.2, 0.25) is 0 Å². The second-order valence-corrected chi connectivity index (χ2v) is 11.3. The molecule has 0 bridgehead atoms. The maximum atomic E-state index is 11.2. The summed E-state index contributed by atoms with van der Waals surface area (Å²) in [4.78, 5) is 12.1. The number of hydrogen-bond acceptors (Lipinski definition) is 11. The van der Waals surface area contributed by atoms with Crippen LogP contribution >= 0.6 is 0 Å². The van der Waals surface area contributed by atoms with E-state index in [1.807, 2.05) is 0 Å². The van der Waals surface area contributed by atoms with Crippen molar-refractivity contribution in [1.29, 1.82) is 0 Å². The molecule has 0 aliphatic heterocycles. The van der Waals surface area contributed by atoms with Crippen molar-refractivity contribution in [3.8, 4) is 0 Å². The van der Waals surface area contributed by atoms with Crippen molar-refractivity contribution in [2.24, 2.45) is 0 Å². The Hall–Kier alpha value is -2.44. The lowest BCUT2D eigenvalue weighted by atomic mass is 10.3. The third-order valence-electron chi connectivity index (χ3n) is 3.67. The zero-order valence-electron chi connectivity index (χ0n) is 16.8. The summed E-state index contributed by atoms with van der Waals surface area (Å²) in [6.45, 7) is 0.140. The first kappa shape index (κ1) is 25.8. The number of sulfonamides is 1. The van der Waals surface area contributed by atoms with Crippen LogP contribution in [0.25, 0.3) is 0 Å². The highest BCUT2D eigenvalue weighted by Crippen LogP contribution is 2.17. The van der Waals surface area contributed by atoms with Gasteiger partial charge in [-0.25, -0.2) is 13.1 Å². The second-order valence-electron chi connectivity index (χ2n) is 6.51. The third kappa shape index (κ3) is 9.79. The second kappa shape index (κ2) is 10.5. The lowest BCUT2D eigenvalue weighted by molar-refractivity contribution is 0.480. The van der Waals surface area contributed by atoms with Crippen LogP contribution in [0.15, 0.2) is 29.2 Å². The zero-order chi connectivity index (χ0) is 24.0. The molecule has 1 aromatic carbocycles. The topological polar surface area (TPSA) is 218 Å². The number of rotatable bonds is 12. The largest absolute Gasteiger partial charge is 0.354 e. The van der Waals surface area contributed by atoms with Gasteiger partial charge in [-0.15, -0.1) is 0 Å². The van der Waals surface area contributed by atoms with Gasteiger partial charge in [0.05, 0.1) is 16.9 Å². The highest BCUT2D eigenvalue weighted by Gasteiger charge is 2.11. The normalized spacial score (nSPS) is 12.5. The molecular formula is C15H22N6O8S3. The van der Waals surface area contributed by atoms with E-state index in [1.54, 1.807) is 0 Å². The van der Waals surface area contributed by atoms with E-state index < -0.39 is 36.0 Å². The van der Waals surface area contributed by atoms with Gasteiger partial charge < -0.3 is 10.6 Å². The number of hydrogen-bond donors (Lipinski definition) is 5. The molecule has 0 atom stereocenters. The SMILES string of the molecule is CS(=O)(=O)NCCc1nc(NCCCS(=O)(=O)O)nc(Nc2ccc(S(=O)(=O)O)cc2)n1. The summed E-state index contributed by atoms with van der Waals surface area (Å²) in [6.07, 6.45) is 1.20. The van der Waals surface area contributed by atoms with Gasteiger partial charge in [-0.3, -0.25) is 9.11 Å². The molecule has 0 radical (unpaired) electrons. The fourth-order valence-electron chi connectivity index (χ4n) is 2.31. The standard InChI is InChI=1S/C15H22N6O8S3/c1-30(22,23)17-9-7-13-19-14(16-8-2-10-31(24,25)26)21-15(20-13)18-11-3-5-12(6-4-11)32(27,28)29/h3-6,17H,2,7-10H2,1H3,(H,24,25,26)(H,27,28,29)(H2,16,18,19,20,21). The fourth-order valence-corrected chi connectivity index (χ4v) is 3.77. The van der Waals surface area contributed by atoms with Crippen LogP contribution in [0.1, 0.15) is 12.2 Å². The van der Waals surface area contributed by atoms with E-state index in [0.717, 1.165) is 6.26 Å². The van der Waals surface area contributed by atoms with Crippen molar-refractivity contribution in [3.05, 3.63) is 30.1 Å². The highest BCUT2D eigenvalue weighted by molar-refractivity contribution is 7.88. The maximum Gasteiger partial charge on any atom is 0.294 e. The maximum absolute atomic E-state index is 11.2. The van der Waals surface area contributed by atoms with Crippen molar-refractivity contribution in [2.45, 2.75) is 17.7 Å². The molecule has 1 aromatic heterocycles. The molecule has 178 valence electrons. The summed E-state index contributed by atoms with van der Waals surface area (Å²) in [5.74, 6) is -0.125. The van der Waals surface area contributed by atoms with Crippen LogP contribution < -0.4 is 15.4 Å². The molecular weight excluding hydrogens is 488 g/mol. The molecule has 5 N–H and O–H groups in total. The van der Waals surface area contributed by atoms with Crippen molar-refractivity contribution >= 4 is 47.8 Å². The third-order valence-corrected chi connectivity index (χ3v) is 6.07. The van der Waals surface area contributed by atoms with E-state index in [0.29, 0.717) is 5.69 Å². The monoisotopic (exact) mass is 510 g/mol. The van der Waals surface area contributed by atoms with Gasteiger partial charge in [0.25, 0.3) is 20.2 Å². The Kier molecular flexibility index (Phi) is 8.43. The molecule has 2 rings (SSSR count). The highest BCUT2D eigenvalue weighted by atomic mass is 32.2. The zero-order valence-corrected chi connectivity index (χ0v) is 19.2. The molecule has 0 saturated carbocycles. The molecule has 0 fully saturated rings. The van der Waals surface area contributed by atoms with E-state index >= 15 is 0 Å². The van der Waals surface area contributed by atoms with Crippen LogP contribution in [-0.4, -0.2) is 74.4 Å². The van der Waals surface area contributed by atoms with Crippen molar-refractivity contribution < 1.29 is 34.4 Å². The Morgan fingerprint density at radius 1 is 0.875 bits per heavy atom. The Bertz CT molecular complexity index is 1250. The van der Waals surface area contributed by atoms with Crippen LogP contribution in [0.4, 0.5) is 17.6 Å². The quantitative estimate of drug-likeness (QED) is 0.182. The first-order valence-corrected chi connectivity index (χ1v) is 13.9. The lowest BCUT2D eigenvalue weighted by Crippen LogP contribution is -2.25. The van der Waals surface area contributed by atoms with E-state index in [-0.39, 0.29) is 48.5 Å². The van der Waals surface area contributed by atoms with Gasteiger partial charge in [-0.1, -0.05) is 0 Å². The average molecular weight is 511 g/mol. The number of nitrogens with one attached hydrogen (secondary N) is 3. The van der Waals surface area contributed by atoms with Crippen molar-refractivity contribution in [1.82, 2.24) is 19.7 Å². The number of aromatic nitrogens is 3. The average Bonchev–Trinajstić information content (AvgIpc) is 2.63. The number of benzene rings is 1.